The molecule has 3 heterocycles. The number of hydrogen-bond donors (Lipinski definition) is 2. The Morgan fingerprint density at radius 3 is 2.39 bits per heavy atom. The number of para-hydroxylation sites is 2. The number of aromatic nitrogens is 4. The molecule has 1 aliphatic rings. The largest absolute Gasteiger partial charge is 0.392 e. The second-order valence-electron chi connectivity index (χ2n) is 12.2. The first-order valence-electron chi connectivity index (χ1n) is 16.3. The predicted octanol–water partition coefficient (Wildman–Crippen LogP) is 7.04. The summed E-state index contributed by atoms with van der Waals surface area (Å²) in [6.45, 7) is 2.50. The van der Waals surface area contributed by atoms with Gasteiger partial charge < -0.3 is 24.5 Å². The Kier molecular flexibility index (Phi) is 9.81. The van der Waals surface area contributed by atoms with Gasteiger partial charge in [0, 0.05) is 43.2 Å². The quantitative estimate of drug-likeness (QED) is 0.149. The fraction of sp³-hybridized carbons (Fsp3) is 0.231. The van der Waals surface area contributed by atoms with Crippen LogP contribution in [-0.4, -0.2) is 42.4 Å². The molecule has 49 heavy (non-hydrogen) atoms. The highest BCUT2D eigenvalue weighted by Gasteiger charge is 2.38. The van der Waals surface area contributed by atoms with Crippen molar-refractivity contribution in [1.82, 2.24) is 24.8 Å². The zero-order valence-corrected chi connectivity index (χ0v) is 28.1. The molecule has 2 aromatic heterocycles. The Balaban J connectivity index is 1.09. The van der Waals surface area contributed by atoms with E-state index >= 15 is 0 Å². The number of ether oxygens (including phenoxy) is 2. The summed E-state index contributed by atoms with van der Waals surface area (Å²) < 4.78 is 15.3. The number of imidazole rings is 1. The van der Waals surface area contributed by atoms with Crippen LogP contribution in [0.3, 0.4) is 0 Å². The highest BCUT2D eigenvalue weighted by molar-refractivity contribution is 7.99. The average Bonchev–Trinajstić information content (AvgIpc) is 3.57. The van der Waals surface area contributed by atoms with E-state index < -0.39 is 6.29 Å². The van der Waals surface area contributed by atoms with Crippen LogP contribution in [0.5, 0.6) is 0 Å². The second kappa shape index (κ2) is 14.7. The molecular weight excluding hydrogens is 635 g/mol. The number of fused-ring (bicyclic) bond motifs is 1. The number of nitrogens with one attached hydrogen (secondary N) is 1. The van der Waals surface area contributed by atoms with Crippen molar-refractivity contribution >= 4 is 28.7 Å². The van der Waals surface area contributed by atoms with Crippen molar-refractivity contribution in [2.75, 3.05) is 5.75 Å². The molecule has 4 atom stereocenters. The molecule has 6 aromatic rings. The van der Waals surface area contributed by atoms with Gasteiger partial charge >= 0.3 is 0 Å². The van der Waals surface area contributed by atoms with Gasteiger partial charge in [-0.25, -0.2) is 9.97 Å². The summed E-state index contributed by atoms with van der Waals surface area (Å²) in [5.74, 6) is 0.519. The fourth-order valence-electron chi connectivity index (χ4n) is 6.07. The first kappa shape index (κ1) is 32.7. The molecule has 1 saturated heterocycles. The smallest absolute Gasteiger partial charge is 0.271 e. The van der Waals surface area contributed by atoms with Gasteiger partial charge in [-0.1, -0.05) is 104 Å². The van der Waals surface area contributed by atoms with Crippen molar-refractivity contribution in [3.05, 3.63) is 144 Å². The van der Waals surface area contributed by atoms with Crippen molar-refractivity contribution < 1.29 is 19.4 Å². The monoisotopic (exact) mass is 671 g/mol. The molecular formula is C39H37N5O4S. The van der Waals surface area contributed by atoms with Crippen LogP contribution in [0.2, 0.25) is 0 Å². The van der Waals surface area contributed by atoms with Crippen LogP contribution >= 0.6 is 11.8 Å². The van der Waals surface area contributed by atoms with Crippen molar-refractivity contribution in [2.24, 2.45) is 13.0 Å². The van der Waals surface area contributed by atoms with Gasteiger partial charge in [-0.05, 0) is 39.9 Å². The Labute approximate surface area is 289 Å². The number of amides is 1. The van der Waals surface area contributed by atoms with Gasteiger partial charge in [0.1, 0.15) is 5.69 Å². The molecule has 1 amide bonds. The van der Waals surface area contributed by atoms with Crippen molar-refractivity contribution in [3.8, 4) is 11.1 Å². The van der Waals surface area contributed by atoms with E-state index in [9.17, 15) is 9.90 Å². The molecule has 2 N–H and O–H groups in total. The lowest BCUT2D eigenvalue weighted by Crippen LogP contribution is -2.38. The Bertz CT molecular complexity index is 2050. The van der Waals surface area contributed by atoms with Crippen LogP contribution in [0, 0.1) is 5.92 Å². The number of aryl methyl sites for hydroxylation is 1. The summed E-state index contributed by atoms with van der Waals surface area (Å²) in [4.78, 5) is 26.3. The third-order valence-electron chi connectivity index (χ3n) is 8.91. The van der Waals surface area contributed by atoms with Crippen molar-refractivity contribution in [2.45, 2.75) is 43.7 Å². The number of aliphatic hydroxyl groups excluding tert-OH is 1. The van der Waals surface area contributed by atoms with Gasteiger partial charge in [-0.2, -0.15) is 0 Å². The maximum atomic E-state index is 13.0. The maximum Gasteiger partial charge on any atom is 0.271 e. The van der Waals surface area contributed by atoms with E-state index in [0.717, 1.165) is 49.8 Å². The number of thioether (sulfide) groups is 1. The van der Waals surface area contributed by atoms with E-state index in [2.05, 4.69) is 45.4 Å². The zero-order chi connectivity index (χ0) is 33.7. The number of benzene rings is 4. The molecule has 0 unspecified atom stereocenters. The molecule has 248 valence electrons. The molecule has 4 aromatic carbocycles. The van der Waals surface area contributed by atoms with E-state index in [1.54, 1.807) is 18.0 Å². The Morgan fingerprint density at radius 2 is 1.63 bits per heavy atom. The van der Waals surface area contributed by atoms with Gasteiger partial charge in [-0.3, -0.25) is 9.78 Å². The van der Waals surface area contributed by atoms with Crippen LogP contribution in [0.4, 0.5) is 0 Å². The van der Waals surface area contributed by atoms with E-state index in [1.165, 1.54) is 6.20 Å². The molecule has 0 bridgehead atoms. The van der Waals surface area contributed by atoms with Crippen LogP contribution < -0.4 is 5.32 Å². The van der Waals surface area contributed by atoms with Gasteiger partial charge in [0.2, 0.25) is 0 Å². The SMILES string of the molecule is C[C@@H]1[C@H](CSc2nccn2C)O[C@H](c2ccc(-c3ccccc3CNC(=O)c3cnc4ccccc4n3)cc2)O[C@@H]1c1ccc(CO)cc1. The normalized spacial score (nSPS) is 19.2. The number of aliphatic hydroxyl groups is 1. The molecule has 1 fully saturated rings. The van der Waals surface area contributed by atoms with E-state index in [-0.39, 0.29) is 36.3 Å². The molecule has 0 radical (unpaired) electrons. The van der Waals surface area contributed by atoms with E-state index in [1.807, 2.05) is 96.7 Å². The summed E-state index contributed by atoms with van der Waals surface area (Å²) in [7, 11) is 1.99. The second-order valence-corrected chi connectivity index (χ2v) is 13.1. The van der Waals surface area contributed by atoms with Gasteiger partial charge in [0.05, 0.1) is 36.0 Å². The molecule has 1 aliphatic heterocycles. The number of nitrogens with zero attached hydrogens (tertiary/aromatic N) is 4. The van der Waals surface area contributed by atoms with Gasteiger partial charge in [-0.15, -0.1) is 0 Å². The zero-order valence-electron chi connectivity index (χ0n) is 27.3. The lowest BCUT2D eigenvalue weighted by Gasteiger charge is -2.41. The summed E-state index contributed by atoms with van der Waals surface area (Å²) in [6.07, 6.45) is 4.39. The van der Waals surface area contributed by atoms with Crippen LogP contribution in [-0.2, 0) is 29.7 Å². The first-order valence-corrected chi connectivity index (χ1v) is 17.2. The van der Waals surface area contributed by atoms with Crippen LogP contribution in [0.25, 0.3) is 22.2 Å². The minimum absolute atomic E-state index is 0.00297. The molecule has 9 nitrogen and oxygen atoms in total. The van der Waals surface area contributed by atoms with E-state index in [4.69, 9.17) is 9.47 Å². The summed E-state index contributed by atoms with van der Waals surface area (Å²) in [5, 5.41) is 13.5. The Hall–Kier alpha value is -4.87. The van der Waals surface area contributed by atoms with Crippen molar-refractivity contribution in [3.63, 3.8) is 0 Å². The minimum atomic E-state index is -0.572. The maximum absolute atomic E-state index is 13.0. The number of rotatable bonds is 10. The fourth-order valence-corrected chi connectivity index (χ4v) is 7.16. The third kappa shape index (κ3) is 7.28. The Morgan fingerprint density at radius 1 is 0.898 bits per heavy atom. The van der Waals surface area contributed by atoms with Gasteiger partial charge in [0.25, 0.3) is 5.91 Å². The lowest BCUT2D eigenvalue weighted by atomic mass is 9.91. The number of carbonyl (C=O) groups excluding carboxylic acids is 1. The van der Waals surface area contributed by atoms with E-state index in [0.29, 0.717) is 12.1 Å². The molecule has 0 spiro atoms. The van der Waals surface area contributed by atoms with Crippen molar-refractivity contribution in [1.29, 1.82) is 0 Å². The van der Waals surface area contributed by atoms with Crippen LogP contribution in [0.15, 0.2) is 121 Å². The summed E-state index contributed by atoms with van der Waals surface area (Å²) in [6, 6.07) is 31.7. The van der Waals surface area contributed by atoms with Gasteiger partial charge in [0.15, 0.2) is 11.4 Å². The standard InChI is InChI=1S/C39H37N5O4S/c1-25-35(24-49-39-40-19-20-44(39)2)47-38(48-36(25)28-13-11-26(23-45)12-14-28)29-17-15-27(16-18-29)31-8-4-3-7-30(31)21-42-37(46)34-22-41-32-9-5-6-10-33(32)43-34/h3-20,22,25,35-36,38,45H,21,23-24H2,1-2H3,(H,42,46)/t25-,35+,36+,38+/m1/s1. The molecule has 0 aliphatic carbocycles. The molecule has 7 rings (SSSR count). The number of carbonyl (C=O) groups is 1. The highest BCUT2D eigenvalue weighted by atomic mass is 32.2. The average molecular weight is 672 g/mol. The third-order valence-corrected chi connectivity index (χ3v) is 10.1. The lowest BCUT2D eigenvalue weighted by molar-refractivity contribution is -0.268. The molecule has 0 saturated carbocycles. The summed E-state index contributed by atoms with van der Waals surface area (Å²) >= 11 is 1.67. The summed E-state index contributed by atoms with van der Waals surface area (Å²) in [5.41, 5.74) is 7.55. The topological polar surface area (TPSA) is 111 Å². The van der Waals surface area contributed by atoms with Crippen LogP contribution in [0.1, 0.15) is 52.1 Å². The molecule has 10 heteroatoms. The minimum Gasteiger partial charge on any atom is -0.392 e. The highest BCUT2D eigenvalue weighted by Crippen LogP contribution is 2.43. The number of hydrogen-bond acceptors (Lipinski definition) is 8. The first-order chi connectivity index (χ1) is 24.0. The predicted molar refractivity (Wildman–Crippen MR) is 189 cm³/mol.